The van der Waals surface area contributed by atoms with Gasteiger partial charge in [0.05, 0.1) is 0 Å². The topological polar surface area (TPSA) is 15.3 Å². The average Bonchev–Trinajstić information content (AvgIpc) is 2.56. The molecule has 0 unspecified atom stereocenters. The standard InChI is InChI=1S/C19H20F2N2/c1-22-16-11-17(20)19(18(21)12-16)15-7-9-23(10-8-15)13-14-5-3-2-4-6-14/h2-7,11-12,22H,8-10,13H2,1H3. The van der Waals surface area contributed by atoms with Gasteiger partial charge in [0, 0.05) is 37.9 Å². The second kappa shape index (κ2) is 6.92. The monoisotopic (exact) mass is 314 g/mol. The highest BCUT2D eigenvalue weighted by Crippen LogP contribution is 2.29. The van der Waals surface area contributed by atoms with Crippen LogP contribution < -0.4 is 5.32 Å². The van der Waals surface area contributed by atoms with Crippen LogP contribution in [0.3, 0.4) is 0 Å². The zero-order chi connectivity index (χ0) is 16.2. The Morgan fingerprint density at radius 3 is 2.35 bits per heavy atom. The maximum absolute atomic E-state index is 14.2. The Kier molecular flexibility index (Phi) is 4.72. The highest BCUT2D eigenvalue weighted by molar-refractivity contribution is 5.69. The molecule has 3 rings (SSSR count). The van der Waals surface area contributed by atoms with Crippen molar-refractivity contribution in [3.8, 4) is 0 Å². The van der Waals surface area contributed by atoms with Gasteiger partial charge in [0.25, 0.3) is 0 Å². The third-order valence-corrected chi connectivity index (χ3v) is 4.19. The van der Waals surface area contributed by atoms with E-state index in [1.807, 2.05) is 24.3 Å². The zero-order valence-corrected chi connectivity index (χ0v) is 13.2. The van der Waals surface area contributed by atoms with Gasteiger partial charge in [-0.1, -0.05) is 36.4 Å². The van der Waals surface area contributed by atoms with Gasteiger partial charge in [0.2, 0.25) is 0 Å². The molecular formula is C19H20F2N2. The summed E-state index contributed by atoms with van der Waals surface area (Å²) in [7, 11) is 1.65. The van der Waals surface area contributed by atoms with E-state index in [2.05, 4.69) is 22.3 Å². The Labute approximate surface area is 135 Å². The minimum atomic E-state index is -0.503. The fourth-order valence-electron chi connectivity index (χ4n) is 2.95. The Balaban J connectivity index is 1.74. The first-order valence-electron chi connectivity index (χ1n) is 7.80. The minimum Gasteiger partial charge on any atom is -0.388 e. The van der Waals surface area contributed by atoms with Gasteiger partial charge < -0.3 is 5.32 Å². The molecule has 0 aromatic heterocycles. The molecule has 0 fully saturated rings. The Morgan fingerprint density at radius 2 is 1.78 bits per heavy atom. The first kappa shape index (κ1) is 15.7. The van der Waals surface area contributed by atoms with Crippen LogP contribution in [0, 0.1) is 11.6 Å². The molecule has 0 radical (unpaired) electrons. The van der Waals surface area contributed by atoms with Gasteiger partial charge in [-0.2, -0.15) is 0 Å². The van der Waals surface area contributed by atoms with E-state index < -0.39 is 11.6 Å². The molecule has 2 aromatic carbocycles. The molecule has 0 saturated carbocycles. The van der Waals surface area contributed by atoms with Crippen LogP contribution in [0.25, 0.3) is 5.57 Å². The largest absolute Gasteiger partial charge is 0.388 e. The summed E-state index contributed by atoms with van der Waals surface area (Å²) in [6.07, 6.45) is 2.59. The van der Waals surface area contributed by atoms with E-state index in [-0.39, 0.29) is 5.56 Å². The lowest BCUT2D eigenvalue weighted by molar-refractivity contribution is 0.293. The van der Waals surface area contributed by atoms with Crippen molar-refractivity contribution >= 4 is 11.3 Å². The maximum atomic E-state index is 14.2. The fraction of sp³-hybridized carbons (Fsp3) is 0.263. The molecule has 2 aromatic rings. The molecule has 2 nitrogen and oxygen atoms in total. The quantitative estimate of drug-likeness (QED) is 0.905. The van der Waals surface area contributed by atoms with Crippen LogP contribution in [-0.2, 0) is 6.54 Å². The molecule has 0 atom stereocenters. The third-order valence-electron chi connectivity index (χ3n) is 4.19. The van der Waals surface area contributed by atoms with Crippen LogP contribution in [0.2, 0.25) is 0 Å². The molecule has 120 valence electrons. The molecule has 23 heavy (non-hydrogen) atoms. The van der Waals surface area contributed by atoms with E-state index in [0.717, 1.165) is 18.7 Å². The SMILES string of the molecule is CNc1cc(F)c(C2=CCN(Cc3ccccc3)CC2)c(F)c1. The van der Waals surface area contributed by atoms with Crippen molar-refractivity contribution in [2.75, 3.05) is 25.5 Å². The number of hydrogen-bond donors (Lipinski definition) is 1. The first-order valence-corrected chi connectivity index (χ1v) is 7.80. The Hall–Kier alpha value is -2.20. The van der Waals surface area contributed by atoms with Crippen LogP contribution in [0.4, 0.5) is 14.5 Å². The predicted molar refractivity (Wildman–Crippen MR) is 90.2 cm³/mol. The Bertz CT molecular complexity index is 688. The lowest BCUT2D eigenvalue weighted by Crippen LogP contribution is -2.28. The van der Waals surface area contributed by atoms with Gasteiger partial charge in [-0.05, 0) is 29.7 Å². The normalized spacial score (nSPS) is 15.3. The average molecular weight is 314 g/mol. The summed E-state index contributed by atoms with van der Waals surface area (Å²) in [6.45, 7) is 2.36. The van der Waals surface area contributed by atoms with Crippen LogP contribution in [0.1, 0.15) is 17.5 Å². The number of nitrogens with zero attached hydrogens (tertiary/aromatic N) is 1. The molecule has 4 heteroatoms. The molecular weight excluding hydrogens is 294 g/mol. The van der Waals surface area contributed by atoms with E-state index in [1.54, 1.807) is 7.05 Å². The number of rotatable bonds is 4. The number of anilines is 1. The maximum Gasteiger partial charge on any atom is 0.135 e. The van der Waals surface area contributed by atoms with Crippen molar-refractivity contribution in [3.63, 3.8) is 0 Å². The number of halogens is 2. The molecule has 1 N–H and O–H groups in total. The van der Waals surface area contributed by atoms with Crippen molar-refractivity contribution in [2.24, 2.45) is 0 Å². The smallest absolute Gasteiger partial charge is 0.135 e. The molecule has 0 saturated heterocycles. The zero-order valence-electron chi connectivity index (χ0n) is 13.2. The van der Waals surface area contributed by atoms with Crippen LogP contribution in [0.5, 0.6) is 0 Å². The van der Waals surface area contributed by atoms with Gasteiger partial charge in [-0.25, -0.2) is 8.78 Å². The van der Waals surface area contributed by atoms with E-state index in [1.165, 1.54) is 17.7 Å². The molecule has 1 aliphatic heterocycles. The molecule has 0 spiro atoms. The third kappa shape index (κ3) is 3.59. The van der Waals surface area contributed by atoms with Gasteiger partial charge in [0.15, 0.2) is 0 Å². The van der Waals surface area contributed by atoms with E-state index >= 15 is 0 Å². The Morgan fingerprint density at radius 1 is 1.09 bits per heavy atom. The summed E-state index contributed by atoms with van der Waals surface area (Å²) >= 11 is 0. The van der Waals surface area contributed by atoms with Crippen LogP contribution in [0.15, 0.2) is 48.5 Å². The van der Waals surface area contributed by atoms with Crippen LogP contribution >= 0.6 is 0 Å². The van der Waals surface area contributed by atoms with Gasteiger partial charge in [-0.3, -0.25) is 4.90 Å². The highest BCUT2D eigenvalue weighted by atomic mass is 19.1. The second-order valence-electron chi connectivity index (χ2n) is 5.76. The summed E-state index contributed by atoms with van der Waals surface area (Å²) in [5.74, 6) is -1.01. The predicted octanol–water partition coefficient (Wildman–Crippen LogP) is 4.30. The van der Waals surface area contributed by atoms with Gasteiger partial charge >= 0.3 is 0 Å². The number of nitrogens with one attached hydrogen (secondary N) is 1. The minimum absolute atomic E-state index is 0.114. The summed E-state index contributed by atoms with van der Waals surface area (Å²) in [6, 6.07) is 12.9. The van der Waals surface area contributed by atoms with Gasteiger partial charge in [-0.15, -0.1) is 0 Å². The summed E-state index contributed by atoms with van der Waals surface area (Å²) in [5.41, 5.74) is 2.57. The molecule has 1 aliphatic rings. The summed E-state index contributed by atoms with van der Waals surface area (Å²) in [4.78, 5) is 2.27. The van der Waals surface area contributed by atoms with E-state index in [0.29, 0.717) is 18.7 Å². The second-order valence-corrected chi connectivity index (χ2v) is 5.76. The summed E-state index contributed by atoms with van der Waals surface area (Å²) in [5, 5.41) is 2.77. The number of benzene rings is 2. The van der Waals surface area contributed by atoms with Crippen LogP contribution in [-0.4, -0.2) is 25.0 Å². The first-order chi connectivity index (χ1) is 11.2. The van der Waals surface area contributed by atoms with Crippen molar-refractivity contribution in [1.82, 2.24) is 4.90 Å². The van der Waals surface area contributed by atoms with Crippen molar-refractivity contribution in [2.45, 2.75) is 13.0 Å². The van der Waals surface area contributed by atoms with E-state index in [4.69, 9.17) is 0 Å². The highest BCUT2D eigenvalue weighted by Gasteiger charge is 2.19. The fourth-order valence-corrected chi connectivity index (χ4v) is 2.95. The molecule has 0 bridgehead atoms. The van der Waals surface area contributed by atoms with Gasteiger partial charge in [0.1, 0.15) is 11.6 Å². The summed E-state index contributed by atoms with van der Waals surface area (Å²) < 4.78 is 28.4. The lowest BCUT2D eigenvalue weighted by Gasteiger charge is -2.27. The van der Waals surface area contributed by atoms with Crippen molar-refractivity contribution in [3.05, 3.63) is 71.3 Å². The molecule has 0 amide bonds. The molecule has 1 heterocycles. The number of hydrogen-bond acceptors (Lipinski definition) is 2. The lowest BCUT2D eigenvalue weighted by atomic mass is 9.97. The molecule has 0 aliphatic carbocycles. The van der Waals surface area contributed by atoms with Crippen molar-refractivity contribution < 1.29 is 8.78 Å². The van der Waals surface area contributed by atoms with Crippen molar-refractivity contribution in [1.29, 1.82) is 0 Å². The van der Waals surface area contributed by atoms with E-state index in [9.17, 15) is 8.78 Å².